The molecular formula is C21H26N2O5. The van der Waals surface area contributed by atoms with E-state index >= 15 is 0 Å². The van der Waals surface area contributed by atoms with E-state index < -0.39 is 11.9 Å². The number of anilines is 1. The van der Waals surface area contributed by atoms with Gasteiger partial charge in [-0.3, -0.25) is 9.69 Å². The molecule has 7 heteroatoms. The molecule has 0 spiro atoms. The molecule has 0 radical (unpaired) electrons. The Labute approximate surface area is 164 Å². The summed E-state index contributed by atoms with van der Waals surface area (Å²) >= 11 is 0. The number of carbonyl (C=O) groups is 2. The highest BCUT2D eigenvalue weighted by Crippen LogP contribution is 2.33. The zero-order valence-electron chi connectivity index (χ0n) is 16.7. The molecule has 0 unspecified atom stereocenters. The third-order valence-electron chi connectivity index (χ3n) is 4.48. The van der Waals surface area contributed by atoms with Crippen LogP contribution in [0, 0.1) is 13.8 Å². The maximum atomic E-state index is 11.3. The van der Waals surface area contributed by atoms with E-state index in [0.717, 1.165) is 16.7 Å². The summed E-state index contributed by atoms with van der Waals surface area (Å²) in [4.78, 5) is 24.2. The number of nitrogens with one attached hydrogen (secondary N) is 1. The van der Waals surface area contributed by atoms with Gasteiger partial charge in [-0.1, -0.05) is 0 Å². The van der Waals surface area contributed by atoms with Gasteiger partial charge in [0.1, 0.15) is 17.2 Å². The first kappa shape index (κ1) is 21.2. The van der Waals surface area contributed by atoms with Crippen LogP contribution in [0.25, 0.3) is 0 Å². The molecule has 0 heterocycles. The third kappa shape index (κ3) is 5.23. The first-order chi connectivity index (χ1) is 13.1. The molecule has 0 fully saturated rings. The lowest BCUT2D eigenvalue weighted by atomic mass is 10.1. The highest BCUT2D eigenvalue weighted by molar-refractivity contribution is 6.36. The molecule has 2 rings (SSSR count). The van der Waals surface area contributed by atoms with Crippen molar-refractivity contribution in [2.45, 2.75) is 40.3 Å². The van der Waals surface area contributed by atoms with Crippen molar-refractivity contribution in [3.8, 4) is 17.2 Å². The smallest absolute Gasteiger partial charge is 0.394 e. The summed E-state index contributed by atoms with van der Waals surface area (Å²) in [6.07, 6.45) is 0. The summed E-state index contributed by atoms with van der Waals surface area (Å²) in [5.74, 6) is -1.23. The van der Waals surface area contributed by atoms with Gasteiger partial charge in [0.2, 0.25) is 0 Å². The fourth-order valence-corrected chi connectivity index (χ4v) is 2.69. The van der Waals surface area contributed by atoms with Crippen LogP contribution in [0.1, 0.15) is 30.5 Å². The number of hydrogen-bond acceptors (Lipinski definition) is 5. The highest BCUT2D eigenvalue weighted by atomic mass is 16.5. The molecule has 0 aliphatic rings. The van der Waals surface area contributed by atoms with Crippen LogP contribution in [-0.2, 0) is 16.1 Å². The van der Waals surface area contributed by atoms with Crippen molar-refractivity contribution >= 4 is 17.6 Å². The maximum absolute atomic E-state index is 11.3. The second-order valence-electron chi connectivity index (χ2n) is 7.10. The largest absolute Gasteiger partial charge is 0.508 e. The number of aryl methyl sites for hydroxylation is 2. The topological polar surface area (TPSA) is 99.1 Å². The number of ether oxygens (including phenoxy) is 1. The van der Waals surface area contributed by atoms with Crippen molar-refractivity contribution in [1.29, 1.82) is 0 Å². The van der Waals surface area contributed by atoms with E-state index in [1.54, 1.807) is 30.3 Å². The minimum atomic E-state index is -1.54. The van der Waals surface area contributed by atoms with Crippen molar-refractivity contribution in [3.05, 3.63) is 47.0 Å². The van der Waals surface area contributed by atoms with Crippen molar-refractivity contribution < 1.29 is 24.5 Å². The number of carboxylic acids is 1. The number of amides is 1. The molecule has 0 bridgehead atoms. The van der Waals surface area contributed by atoms with Gasteiger partial charge in [0.25, 0.3) is 0 Å². The molecule has 3 N–H and O–H groups in total. The summed E-state index contributed by atoms with van der Waals surface area (Å²) in [6, 6.07) is 8.72. The number of rotatable bonds is 6. The van der Waals surface area contributed by atoms with Gasteiger partial charge in [0.05, 0.1) is 0 Å². The Morgan fingerprint density at radius 1 is 1.14 bits per heavy atom. The van der Waals surface area contributed by atoms with E-state index in [1.807, 2.05) is 20.9 Å². The van der Waals surface area contributed by atoms with Gasteiger partial charge < -0.3 is 20.3 Å². The molecule has 0 aliphatic carbocycles. The Kier molecular flexibility index (Phi) is 6.64. The van der Waals surface area contributed by atoms with Gasteiger partial charge in [-0.2, -0.15) is 0 Å². The lowest BCUT2D eigenvalue weighted by Crippen LogP contribution is -2.25. The fourth-order valence-electron chi connectivity index (χ4n) is 2.69. The Hall–Kier alpha value is -3.06. The van der Waals surface area contributed by atoms with Gasteiger partial charge in [0, 0.05) is 23.8 Å². The number of phenols is 1. The van der Waals surface area contributed by atoms with Crippen LogP contribution in [-0.4, -0.2) is 40.1 Å². The lowest BCUT2D eigenvalue weighted by Gasteiger charge is -2.22. The lowest BCUT2D eigenvalue weighted by molar-refractivity contribution is -0.147. The Morgan fingerprint density at radius 2 is 1.75 bits per heavy atom. The Morgan fingerprint density at radius 3 is 2.29 bits per heavy atom. The highest BCUT2D eigenvalue weighted by Gasteiger charge is 2.15. The SMILES string of the molecule is Cc1cc(NC(=O)C(=O)O)cc(C)c1Oc1ccc(O)c(CN(C)C(C)C)c1. The number of hydrogen-bond donors (Lipinski definition) is 3. The van der Waals surface area contributed by atoms with Crippen molar-refractivity contribution in [1.82, 2.24) is 4.90 Å². The van der Waals surface area contributed by atoms with E-state index in [4.69, 9.17) is 9.84 Å². The summed E-state index contributed by atoms with van der Waals surface area (Å²) in [7, 11) is 1.98. The van der Waals surface area contributed by atoms with E-state index in [2.05, 4.69) is 24.1 Å². The first-order valence-corrected chi connectivity index (χ1v) is 8.94. The standard InChI is InChI=1S/C21H26N2O5/c1-12(2)23(5)11-15-10-17(6-7-18(15)24)28-19-13(3)8-16(9-14(19)4)22-20(25)21(26)27/h6-10,12,24H,11H2,1-5H3,(H,22,25)(H,26,27). The molecule has 2 aromatic rings. The molecule has 1 amide bonds. The van der Waals surface area contributed by atoms with Crippen LogP contribution in [0.3, 0.4) is 0 Å². The number of carboxylic acid groups (broad SMARTS) is 1. The van der Waals surface area contributed by atoms with Crippen molar-refractivity contribution in [2.24, 2.45) is 0 Å². The summed E-state index contributed by atoms with van der Waals surface area (Å²) < 4.78 is 6.03. The quantitative estimate of drug-likeness (QED) is 0.655. The number of phenolic OH excluding ortho intramolecular Hbond substituents is 1. The van der Waals surface area contributed by atoms with Crippen molar-refractivity contribution in [2.75, 3.05) is 12.4 Å². The number of carbonyl (C=O) groups excluding carboxylic acids is 1. The third-order valence-corrected chi connectivity index (χ3v) is 4.48. The Balaban J connectivity index is 2.26. The number of nitrogens with zero attached hydrogens (tertiary/aromatic N) is 1. The number of aliphatic carboxylic acids is 1. The number of benzene rings is 2. The van der Waals surface area contributed by atoms with Gasteiger partial charge in [-0.05, 0) is 76.2 Å². The van der Waals surface area contributed by atoms with E-state index in [1.165, 1.54) is 0 Å². The molecule has 150 valence electrons. The monoisotopic (exact) mass is 386 g/mol. The molecule has 0 aliphatic heterocycles. The first-order valence-electron chi connectivity index (χ1n) is 8.94. The minimum absolute atomic E-state index is 0.208. The van der Waals surface area contributed by atoms with Crippen LogP contribution < -0.4 is 10.1 Å². The second-order valence-corrected chi connectivity index (χ2v) is 7.10. The second kappa shape index (κ2) is 8.75. The number of aromatic hydroxyl groups is 1. The van der Waals surface area contributed by atoms with Gasteiger partial charge in [-0.15, -0.1) is 0 Å². The van der Waals surface area contributed by atoms with Gasteiger partial charge in [-0.25, -0.2) is 4.79 Å². The molecular weight excluding hydrogens is 360 g/mol. The van der Waals surface area contributed by atoms with Crippen LogP contribution in [0.15, 0.2) is 30.3 Å². The van der Waals surface area contributed by atoms with Crippen LogP contribution in [0.2, 0.25) is 0 Å². The average Bonchev–Trinajstić information content (AvgIpc) is 2.60. The molecule has 0 aromatic heterocycles. The normalized spacial score (nSPS) is 11.0. The molecule has 0 atom stereocenters. The molecule has 28 heavy (non-hydrogen) atoms. The fraction of sp³-hybridized carbons (Fsp3) is 0.333. The average molecular weight is 386 g/mol. The van der Waals surface area contributed by atoms with Crippen LogP contribution in [0.5, 0.6) is 17.2 Å². The van der Waals surface area contributed by atoms with Gasteiger partial charge in [0.15, 0.2) is 0 Å². The van der Waals surface area contributed by atoms with Crippen LogP contribution >= 0.6 is 0 Å². The Bertz CT molecular complexity index is 869. The van der Waals surface area contributed by atoms with E-state index in [0.29, 0.717) is 29.8 Å². The predicted molar refractivity (Wildman–Crippen MR) is 107 cm³/mol. The van der Waals surface area contributed by atoms with Gasteiger partial charge >= 0.3 is 11.9 Å². The van der Waals surface area contributed by atoms with E-state index in [-0.39, 0.29) is 5.75 Å². The zero-order chi connectivity index (χ0) is 21.0. The van der Waals surface area contributed by atoms with Crippen LogP contribution in [0.4, 0.5) is 5.69 Å². The molecule has 0 saturated heterocycles. The zero-order valence-corrected chi connectivity index (χ0v) is 16.7. The van der Waals surface area contributed by atoms with E-state index in [9.17, 15) is 14.7 Å². The molecule has 0 saturated carbocycles. The molecule has 7 nitrogen and oxygen atoms in total. The minimum Gasteiger partial charge on any atom is -0.508 e. The molecule has 2 aromatic carbocycles. The van der Waals surface area contributed by atoms with Crippen molar-refractivity contribution in [3.63, 3.8) is 0 Å². The predicted octanol–water partition coefficient (Wildman–Crippen LogP) is 3.66. The maximum Gasteiger partial charge on any atom is 0.394 e. The summed E-state index contributed by atoms with van der Waals surface area (Å²) in [5.41, 5.74) is 2.64. The summed E-state index contributed by atoms with van der Waals surface area (Å²) in [6.45, 7) is 8.36. The summed E-state index contributed by atoms with van der Waals surface area (Å²) in [5, 5.41) is 21.2.